The van der Waals surface area contributed by atoms with Crippen LogP contribution >= 0.6 is 11.6 Å². The molecular formula is C19H20ClN3O3S. The van der Waals surface area contributed by atoms with E-state index in [1.54, 1.807) is 35.7 Å². The zero-order valence-corrected chi connectivity index (χ0v) is 16.9. The van der Waals surface area contributed by atoms with Crippen molar-refractivity contribution in [3.8, 4) is 5.75 Å². The van der Waals surface area contributed by atoms with Gasteiger partial charge in [-0.05, 0) is 37.6 Å². The number of rotatable bonds is 4. The molecule has 0 N–H and O–H groups in total. The van der Waals surface area contributed by atoms with Gasteiger partial charge in [0.25, 0.3) is 5.91 Å². The summed E-state index contributed by atoms with van der Waals surface area (Å²) >= 11 is 5.17. The molecule has 1 aromatic carbocycles. The number of anilines is 1. The van der Waals surface area contributed by atoms with E-state index in [0.717, 1.165) is 5.56 Å². The molecule has 0 saturated carbocycles. The number of carbonyl (C=O) groups is 1. The number of halogens is 1. The lowest BCUT2D eigenvalue weighted by Gasteiger charge is -2.37. The van der Waals surface area contributed by atoms with Gasteiger partial charge in [-0.2, -0.15) is 0 Å². The predicted octanol–water partition coefficient (Wildman–Crippen LogP) is 2.99. The number of fused-ring (bicyclic) bond motifs is 1. The van der Waals surface area contributed by atoms with E-state index in [1.165, 1.54) is 0 Å². The van der Waals surface area contributed by atoms with Crippen LogP contribution in [0.3, 0.4) is 0 Å². The number of pyridine rings is 1. The first-order valence-electron chi connectivity index (χ1n) is 8.62. The van der Waals surface area contributed by atoms with Gasteiger partial charge in [-0.15, -0.1) is 4.31 Å². The van der Waals surface area contributed by atoms with E-state index in [1.807, 2.05) is 30.3 Å². The minimum absolute atomic E-state index is 0.0238. The average Bonchev–Trinajstić information content (AvgIpc) is 2.76. The van der Waals surface area contributed by atoms with Crippen LogP contribution in [0.1, 0.15) is 29.8 Å². The highest BCUT2D eigenvalue weighted by Crippen LogP contribution is 2.43. The van der Waals surface area contributed by atoms with Gasteiger partial charge in [-0.25, -0.2) is 0 Å². The Balaban J connectivity index is 1.58. The van der Waals surface area contributed by atoms with Crippen molar-refractivity contribution in [1.29, 1.82) is 0 Å². The molecule has 0 bridgehead atoms. The van der Waals surface area contributed by atoms with Crippen molar-refractivity contribution in [3.05, 3.63) is 52.8 Å². The second-order valence-electron chi connectivity index (χ2n) is 7.28. The minimum Gasteiger partial charge on any atom is -0.598 e. The Hall–Kier alpha value is -1.80. The maximum atomic E-state index is 13.0. The van der Waals surface area contributed by atoms with E-state index in [4.69, 9.17) is 16.3 Å². The average molecular weight is 406 g/mol. The summed E-state index contributed by atoms with van der Waals surface area (Å²) in [4.78, 5) is 19.0. The molecule has 1 saturated heterocycles. The van der Waals surface area contributed by atoms with Crippen LogP contribution in [0.4, 0.5) is 5.69 Å². The number of hydrogen-bond donors (Lipinski definition) is 0. The lowest BCUT2D eigenvalue weighted by molar-refractivity contribution is 0.0764. The highest BCUT2D eigenvalue weighted by Gasteiger charge is 2.44. The number of amides is 1. The second kappa shape index (κ2) is 6.67. The molecular weight excluding hydrogens is 386 g/mol. The molecule has 3 heterocycles. The molecule has 27 heavy (non-hydrogen) atoms. The van der Waals surface area contributed by atoms with Crippen molar-refractivity contribution in [2.45, 2.75) is 25.5 Å². The van der Waals surface area contributed by atoms with Crippen LogP contribution in [0, 0.1) is 0 Å². The Labute approximate surface area is 166 Å². The van der Waals surface area contributed by atoms with Crippen LogP contribution in [0.25, 0.3) is 0 Å². The summed E-state index contributed by atoms with van der Waals surface area (Å²) in [7, 11) is 0. The first kappa shape index (κ1) is 18.6. The number of carbonyl (C=O) groups excluding carboxylic acids is 1. The van der Waals surface area contributed by atoms with Gasteiger partial charge in [0, 0.05) is 28.0 Å². The summed E-state index contributed by atoms with van der Waals surface area (Å²) < 4.78 is 19.2. The molecule has 1 atom stereocenters. The maximum Gasteiger partial charge on any atom is 0.259 e. The molecule has 1 fully saturated rings. The quantitative estimate of drug-likeness (QED) is 0.731. The summed E-state index contributed by atoms with van der Waals surface area (Å²) in [5, 5.41) is 0.606. The number of ether oxygens (including phenoxy) is 1. The molecule has 2 aliphatic rings. The Kier molecular flexibility index (Phi) is 4.58. The fraction of sp³-hybridized carbons (Fsp3) is 0.368. The minimum atomic E-state index is -0.974. The normalized spacial score (nSPS) is 20.3. The molecule has 0 radical (unpaired) electrons. The van der Waals surface area contributed by atoms with Gasteiger partial charge >= 0.3 is 0 Å². The summed E-state index contributed by atoms with van der Waals surface area (Å²) in [5.41, 5.74) is 1.66. The SMILES string of the molecule is C[S+]([O-])N1CC(Oc2cncc(N3C(=O)c4ccc(Cl)cc4C3(C)C)c2)C1. The first-order chi connectivity index (χ1) is 12.8. The summed E-state index contributed by atoms with van der Waals surface area (Å²) in [6.07, 6.45) is 4.92. The van der Waals surface area contributed by atoms with Crippen LogP contribution in [0.15, 0.2) is 36.7 Å². The molecule has 2 aliphatic heterocycles. The Morgan fingerprint density at radius 3 is 2.74 bits per heavy atom. The lowest BCUT2D eigenvalue weighted by atomic mass is 9.93. The largest absolute Gasteiger partial charge is 0.598 e. The van der Waals surface area contributed by atoms with Crippen LogP contribution in [-0.2, 0) is 16.9 Å². The van der Waals surface area contributed by atoms with Crippen molar-refractivity contribution in [1.82, 2.24) is 9.29 Å². The summed E-state index contributed by atoms with van der Waals surface area (Å²) in [6, 6.07) is 7.17. The fourth-order valence-electron chi connectivity index (χ4n) is 3.62. The molecule has 2 aromatic rings. The molecule has 1 unspecified atom stereocenters. The van der Waals surface area contributed by atoms with Gasteiger partial charge in [0.1, 0.15) is 18.1 Å². The van der Waals surface area contributed by atoms with E-state index in [-0.39, 0.29) is 12.0 Å². The number of aromatic nitrogens is 1. The van der Waals surface area contributed by atoms with Crippen LogP contribution in [-0.4, -0.2) is 45.2 Å². The third kappa shape index (κ3) is 3.18. The van der Waals surface area contributed by atoms with Crippen molar-refractivity contribution in [2.24, 2.45) is 0 Å². The van der Waals surface area contributed by atoms with Gasteiger partial charge < -0.3 is 9.29 Å². The predicted molar refractivity (Wildman–Crippen MR) is 106 cm³/mol. The zero-order chi connectivity index (χ0) is 19.3. The number of benzene rings is 1. The van der Waals surface area contributed by atoms with Crippen molar-refractivity contribution < 1.29 is 14.1 Å². The smallest absolute Gasteiger partial charge is 0.259 e. The molecule has 6 nitrogen and oxygen atoms in total. The Morgan fingerprint density at radius 2 is 2.04 bits per heavy atom. The fourth-order valence-corrected chi connectivity index (χ4v) is 4.54. The summed E-state index contributed by atoms with van der Waals surface area (Å²) in [5.74, 6) is 0.512. The Bertz CT molecular complexity index is 900. The van der Waals surface area contributed by atoms with Crippen molar-refractivity contribution in [2.75, 3.05) is 24.2 Å². The van der Waals surface area contributed by atoms with Crippen LogP contribution in [0.5, 0.6) is 5.75 Å². The highest BCUT2D eigenvalue weighted by molar-refractivity contribution is 7.88. The molecule has 8 heteroatoms. The van der Waals surface area contributed by atoms with Crippen LogP contribution in [0.2, 0.25) is 5.02 Å². The van der Waals surface area contributed by atoms with E-state index in [9.17, 15) is 9.35 Å². The third-order valence-corrected chi connectivity index (χ3v) is 6.33. The highest BCUT2D eigenvalue weighted by atomic mass is 35.5. The van der Waals surface area contributed by atoms with Gasteiger partial charge in [-0.1, -0.05) is 11.6 Å². The maximum absolute atomic E-state index is 13.0. The van der Waals surface area contributed by atoms with Gasteiger partial charge in [-0.3, -0.25) is 14.7 Å². The third-order valence-electron chi connectivity index (χ3n) is 5.07. The zero-order valence-electron chi connectivity index (χ0n) is 15.3. The standard InChI is InChI=1S/C19H20ClN3O3S/c1-19(2)17-6-12(20)4-5-16(17)18(24)23(19)13-7-14(9-21-8-13)26-15-10-22(11-15)27(3)25/h4-9,15H,10-11H2,1-3H3. The molecule has 4 rings (SSSR count). The summed E-state index contributed by atoms with van der Waals surface area (Å²) in [6.45, 7) is 5.21. The monoisotopic (exact) mass is 405 g/mol. The number of hydrogen-bond acceptors (Lipinski definition) is 5. The first-order valence-corrected chi connectivity index (χ1v) is 10.5. The lowest BCUT2D eigenvalue weighted by Crippen LogP contribution is -2.55. The molecule has 1 amide bonds. The van der Waals surface area contributed by atoms with E-state index < -0.39 is 16.9 Å². The molecule has 142 valence electrons. The van der Waals surface area contributed by atoms with Crippen molar-refractivity contribution >= 4 is 34.6 Å². The van der Waals surface area contributed by atoms with E-state index in [2.05, 4.69) is 4.98 Å². The van der Waals surface area contributed by atoms with Crippen molar-refractivity contribution in [3.63, 3.8) is 0 Å². The Morgan fingerprint density at radius 1 is 1.30 bits per heavy atom. The van der Waals surface area contributed by atoms with Gasteiger partial charge in [0.15, 0.2) is 0 Å². The number of nitrogens with zero attached hydrogens (tertiary/aromatic N) is 3. The van der Waals surface area contributed by atoms with Gasteiger partial charge in [0.05, 0.1) is 36.7 Å². The second-order valence-corrected chi connectivity index (χ2v) is 9.08. The van der Waals surface area contributed by atoms with E-state index >= 15 is 0 Å². The van der Waals surface area contributed by atoms with Gasteiger partial charge in [0.2, 0.25) is 0 Å². The topological polar surface area (TPSA) is 68.7 Å². The van der Waals surface area contributed by atoms with Crippen LogP contribution < -0.4 is 9.64 Å². The molecule has 1 aromatic heterocycles. The molecule has 0 spiro atoms. The molecule has 0 aliphatic carbocycles. The van der Waals surface area contributed by atoms with E-state index in [0.29, 0.717) is 35.1 Å².